The lowest BCUT2D eigenvalue weighted by Crippen LogP contribution is -2.09. The molecule has 4 nitrogen and oxygen atoms in total. The number of rotatable bonds is 2. The molecular weight excluding hydrogens is 250 g/mol. The minimum absolute atomic E-state index is 0.119. The number of hydrogen-bond donors (Lipinski definition) is 0. The van der Waals surface area contributed by atoms with Crippen molar-refractivity contribution in [3.05, 3.63) is 62.3 Å². The van der Waals surface area contributed by atoms with Gasteiger partial charge in [0.25, 0.3) is 5.69 Å². The van der Waals surface area contributed by atoms with Gasteiger partial charge in [0.1, 0.15) is 11.9 Å². The second-order valence-electron chi connectivity index (χ2n) is 3.90. The van der Waals surface area contributed by atoms with Gasteiger partial charge in [-0.05, 0) is 12.1 Å². The molecule has 18 heavy (non-hydrogen) atoms. The second-order valence-corrected chi connectivity index (χ2v) is 4.65. The Balaban J connectivity index is 1.97. The molecule has 90 valence electrons. The summed E-state index contributed by atoms with van der Waals surface area (Å²) in [7, 11) is 0. The Morgan fingerprint density at radius 1 is 1.28 bits per heavy atom. The Bertz CT molecular complexity index is 633. The first-order valence-electron chi connectivity index (χ1n) is 5.40. The third-order valence-electron chi connectivity index (χ3n) is 2.80. The van der Waals surface area contributed by atoms with E-state index in [9.17, 15) is 10.1 Å². The van der Waals surface area contributed by atoms with E-state index < -0.39 is 0 Å². The van der Waals surface area contributed by atoms with Crippen molar-refractivity contribution in [2.24, 2.45) is 0 Å². The van der Waals surface area contributed by atoms with E-state index in [0.717, 1.165) is 11.3 Å². The fourth-order valence-corrected chi connectivity index (χ4v) is 2.74. The van der Waals surface area contributed by atoms with E-state index in [4.69, 9.17) is 4.74 Å². The summed E-state index contributed by atoms with van der Waals surface area (Å²) in [5.74, 6) is 0.755. The molecule has 1 aromatic carbocycles. The highest BCUT2D eigenvalue weighted by Gasteiger charge is 2.25. The van der Waals surface area contributed by atoms with Gasteiger partial charge in [-0.25, -0.2) is 0 Å². The summed E-state index contributed by atoms with van der Waals surface area (Å²) in [6, 6.07) is 7.63. The molecule has 0 saturated carbocycles. The number of para-hydroxylation sites is 1. The van der Waals surface area contributed by atoms with E-state index >= 15 is 0 Å². The molecule has 0 saturated heterocycles. The Morgan fingerprint density at radius 2 is 2.11 bits per heavy atom. The van der Waals surface area contributed by atoms with Crippen LogP contribution in [0.2, 0.25) is 0 Å². The van der Waals surface area contributed by atoms with Crippen molar-refractivity contribution in [1.82, 2.24) is 0 Å². The van der Waals surface area contributed by atoms with Gasteiger partial charge in [-0.15, -0.1) is 11.3 Å². The number of ether oxygens (including phenoxy) is 1. The largest absolute Gasteiger partial charge is 0.481 e. The average Bonchev–Trinajstić information content (AvgIpc) is 2.87. The molecule has 0 spiro atoms. The van der Waals surface area contributed by atoms with Crippen LogP contribution in [0.4, 0.5) is 5.69 Å². The maximum Gasteiger partial charge on any atom is 0.287 e. The van der Waals surface area contributed by atoms with E-state index in [1.54, 1.807) is 5.38 Å². The molecule has 1 aliphatic rings. The summed E-state index contributed by atoms with van der Waals surface area (Å²) < 4.78 is 5.78. The van der Waals surface area contributed by atoms with Gasteiger partial charge in [0.15, 0.2) is 0 Å². The monoisotopic (exact) mass is 259 g/mol. The predicted octanol–water partition coefficient (Wildman–Crippen LogP) is 3.80. The fourth-order valence-electron chi connectivity index (χ4n) is 1.92. The van der Waals surface area contributed by atoms with Crippen LogP contribution in [0.3, 0.4) is 0 Å². The molecule has 0 aliphatic carbocycles. The van der Waals surface area contributed by atoms with Crippen LogP contribution in [0.15, 0.2) is 41.1 Å². The molecule has 0 radical (unpaired) electrons. The molecule has 0 N–H and O–H groups in total. The number of nitrogens with zero attached hydrogens (tertiary/aromatic N) is 1. The number of nitro groups is 1. The van der Waals surface area contributed by atoms with Gasteiger partial charge >= 0.3 is 0 Å². The molecule has 1 atom stereocenters. The van der Waals surface area contributed by atoms with Crippen molar-refractivity contribution in [1.29, 1.82) is 0 Å². The maximum absolute atomic E-state index is 10.9. The Labute approximate surface area is 107 Å². The predicted molar refractivity (Wildman–Crippen MR) is 69.8 cm³/mol. The molecule has 2 heterocycles. The zero-order valence-electron chi connectivity index (χ0n) is 9.28. The summed E-state index contributed by atoms with van der Waals surface area (Å²) in [5.41, 5.74) is 1.72. The Morgan fingerprint density at radius 3 is 2.94 bits per heavy atom. The van der Waals surface area contributed by atoms with E-state index in [1.165, 1.54) is 16.7 Å². The number of thiophene rings is 1. The van der Waals surface area contributed by atoms with Crippen LogP contribution in [0.5, 0.6) is 5.75 Å². The van der Waals surface area contributed by atoms with Gasteiger partial charge in [0, 0.05) is 10.9 Å². The standard InChI is InChI=1S/C13H9NO3S/c15-14(16)11-8-18-7-10(11)13-6-5-9-3-1-2-4-12(9)17-13/h1-8,13H. The lowest BCUT2D eigenvalue weighted by molar-refractivity contribution is -0.385. The summed E-state index contributed by atoms with van der Waals surface area (Å²) in [6.07, 6.45) is 3.40. The van der Waals surface area contributed by atoms with E-state index in [0.29, 0.717) is 5.56 Å². The van der Waals surface area contributed by atoms with Crippen LogP contribution in [-0.4, -0.2) is 4.92 Å². The van der Waals surface area contributed by atoms with Gasteiger partial charge in [-0.1, -0.05) is 24.3 Å². The Kier molecular flexibility index (Phi) is 2.60. The first-order valence-corrected chi connectivity index (χ1v) is 6.34. The second kappa shape index (κ2) is 4.27. The molecule has 2 aromatic rings. The summed E-state index contributed by atoms with van der Waals surface area (Å²) in [4.78, 5) is 10.5. The highest BCUT2D eigenvalue weighted by molar-refractivity contribution is 7.08. The van der Waals surface area contributed by atoms with Gasteiger partial charge in [-0.3, -0.25) is 10.1 Å². The van der Waals surface area contributed by atoms with Crippen LogP contribution in [0.25, 0.3) is 6.08 Å². The van der Waals surface area contributed by atoms with Crippen LogP contribution in [-0.2, 0) is 0 Å². The molecule has 5 heteroatoms. The quantitative estimate of drug-likeness (QED) is 0.608. The van der Waals surface area contributed by atoms with Gasteiger partial charge < -0.3 is 4.74 Å². The molecule has 1 aliphatic heterocycles. The minimum Gasteiger partial charge on any atom is -0.481 e. The third-order valence-corrected chi connectivity index (χ3v) is 3.55. The molecule has 0 bridgehead atoms. The summed E-state index contributed by atoms with van der Waals surface area (Å²) in [6.45, 7) is 0. The molecule has 0 fully saturated rings. The zero-order valence-corrected chi connectivity index (χ0v) is 10.1. The number of fused-ring (bicyclic) bond motifs is 1. The van der Waals surface area contributed by atoms with Crippen LogP contribution in [0, 0.1) is 10.1 Å². The minimum atomic E-state index is -0.383. The number of benzene rings is 1. The molecular formula is C13H9NO3S. The maximum atomic E-state index is 10.9. The molecule has 0 amide bonds. The summed E-state index contributed by atoms with van der Waals surface area (Å²) >= 11 is 1.31. The van der Waals surface area contributed by atoms with E-state index in [1.807, 2.05) is 36.4 Å². The van der Waals surface area contributed by atoms with Gasteiger partial charge in [0.05, 0.1) is 15.9 Å². The van der Waals surface area contributed by atoms with E-state index in [2.05, 4.69) is 0 Å². The highest BCUT2D eigenvalue weighted by Crippen LogP contribution is 2.37. The smallest absolute Gasteiger partial charge is 0.287 e. The average molecular weight is 259 g/mol. The van der Waals surface area contributed by atoms with Crippen molar-refractivity contribution < 1.29 is 9.66 Å². The third kappa shape index (κ3) is 1.78. The van der Waals surface area contributed by atoms with Gasteiger partial charge in [-0.2, -0.15) is 0 Å². The normalized spacial score (nSPS) is 17.0. The van der Waals surface area contributed by atoms with Crippen LogP contribution in [0.1, 0.15) is 17.2 Å². The molecule has 3 rings (SSSR count). The van der Waals surface area contributed by atoms with Crippen LogP contribution >= 0.6 is 11.3 Å². The molecule has 1 aromatic heterocycles. The zero-order chi connectivity index (χ0) is 12.5. The van der Waals surface area contributed by atoms with Gasteiger partial charge in [0.2, 0.25) is 0 Å². The fraction of sp³-hybridized carbons (Fsp3) is 0.0769. The first-order chi connectivity index (χ1) is 8.75. The van der Waals surface area contributed by atoms with Crippen molar-refractivity contribution in [3.8, 4) is 5.75 Å². The SMILES string of the molecule is O=[N+]([O-])c1cscc1C1C=Cc2ccccc2O1. The first kappa shape index (κ1) is 11.0. The molecule has 1 unspecified atom stereocenters. The van der Waals surface area contributed by atoms with Crippen molar-refractivity contribution in [2.75, 3.05) is 0 Å². The van der Waals surface area contributed by atoms with Crippen molar-refractivity contribution in [2.45, 2.75) is 6.10 Å². The lowest BCUT2D eigenvalue weighted by Gasteiger charge is -2.20. The van der Waals surface area contributed by atoms with E-state index in [-0.39, 0.29) is 16.7 Å². The summed E-state index contributed by atoms with van der Waals surface area (Å²) in [5, 5.41) is 14.2. The Hall–Kier alpha value is -2.14. The topological polar surface area (TPSA) is 52.4 Å². The lowest BCUT2D eigenvalue weighted by atomic mass is 10.1. The van der Waals surface area contributed by atoms with Crippen molar-refractivity contribution in [3.63, 3.8) is 0 Å². The number of hydrogen-bond acceptors (Lipinski definition) is 4. The highest BCUT2D eigenvalue weighted by atomic mass is 32.1. The van der Waals surface area contributed by atoms with Crippen molar-refractivity contribution >= 4 is 23.1 Å². The van der Waals surface area contributed by atoms with Crippen LogP contribution < -0.4 is 4.74 Å².